The zero-order valence-corrected chi connectivity index (χ0v) is 14.3. The molecule has 3 rings (SSSR count). The predicted octanol–water partition coefficient (Wildman–Crippen LogP) is 4.36. The van der Waals surface area contributed by atoms with Gasteiger partial charge in [0.15, 0.2) is 0 Å². The fraction of sp³-hybridized carbons (Fsp3) is 0.143. The molecule has 4 nitrogen and oxygen atoms in total. The molecule has 1 N–H and O–H groups in total. The van der Waals surface area contributed by atoms with E-state index in [1.54, 1.807) is 6.08 Å². The van der Waals surface area contributed by atoms with Crippen LogP contribution >= 0.6 is 0 Å². The van der Waals surface area contributed by atoms with Gasteiger partial charge < -0.3 is 4.74 Å². The third-order valence-electron chi connectivity index (χ3n) is 3.93. The van der Waals surface area contributed by atoms with Crippen LogP contribution in [0.4, 0.5) is 0 Å². The van der Waals surface area contributed by atoms with Crippen molar-refractivity contribution in [1.29, 1.82) is 0 Å². The summed E-state index contributed by atoms with van der Waals surface area (Å²) < 4.78 is 6.04. The average molecular weight is 332 g/mol. The molecular formula is C21H20N2O2. The van der Waals surface area contributed by atoms with Gasteiger partial charge in [-0.1, -0.05) is 60.7 Å². The van der Waals surface area contributed by atoms with Crippen LogP contribution in [0.5, 0.6) is 5.75 Å². The van der Waals surface area contributed by atoms with E-state index in [2.05, 4.69) is 10.2 Å². The molecule has 0 amide bonds. The van der Waals surface area contributed by atoms with Gasteiger partial charge in [-0.25, -0.2) is 5.10 Å². The Morgan fingerprint density at radius 3 is 2.56 bits per heavy atom. The number of ether oxygens (including phenoxy) is 1. The number of para-hydroxylation sites is 1. The lowest BCUT2D eigenvalue weighted by atomic mass is 9.98. The molecule has 1 heterocycles. The second kappa shape index (κ2) is 7.62. The molecule has 0 aliphatic rings. The Morgan fingerprint density at radius 1 is 1.08 bits per heavy atom. The summed E-state index contributed by atoms with van der Waals surface area (Å²) in [6.07, 6.45) is 3.65. The molecule has 0 radical (unpaired) electrons. The zero-order chi connectivity index (χ0) is 17.6. The van der Waals surface area contributed by atoms with Crippen molar-refractivity contribution < 1.29 is 4.74 Å². The van der Waals surface area contributed by atoms with Crippen LogP contribution in [0.3, 0.4) is 0 Å². The van der Waals surface area contributed by atoms with Crippen molar-refractivity contribution in [3.63, 3.8) is 0 Å². The number of aromatic nitrogens is 2. The maximum Gasteiger partial charge on any atom is 0.272 e. The zero-order valence-electron chi connectivity index (χ0n) is 14.3. The number of nitrogens with one attached hydrogen (secondary N) is 1. The molecule has 0 aliphatic carbocycles. The number of hydrogen-bond donors (Lipinski definition) is 1. The molecule has 126 valence electrons. The topological polar surface area (TPSA) is 55.0 Å². The number of nitrogens with zero attached hydrogens (tertiary/aromatic N) is 1. The molecule has 0 spiro atoms. The summed E-state index contributed by atoms with van der Waals surface area (Å²) in [5.74, 6) is 0.729. The van der Waals surface area contributed by atoms with Crippen molar-refractivity contribution in [2.24, 2.45) is 0 Å². The van der Waals surface area contributed by atoms with Gasteiger partial charge in [0.25, 0.3) is 5.56 Å². The third kappa shape index (κ3) is 3.69. The molecule has 0 atom stereocenters. The second-order valence-corrected chi connectivity index (χ2v) is 5.70. The first-order valence-electron chi connectivity index (χ1n) is 8.19. The lowest BCUT2D eigenvalue weighted by molar-refractivity contribution is 0.307. The lowest BCUT2D eigenvalue weighted by Crippen LogP contribution is -2.14. The Morgan fingerprint density at radius 2 is 1.80 bits per heavy atom. The number of H-pyrrole nitrogens is 1. The minimum Gasteiger partial charge on any atom is -0.488 e. The van der Waals surface area contributed by atoms with Gasteiger partial charge in [0, 0.05) is 11.1 Å². The van der Waals surface area contributed by atoms with Crippen LogP contribution in [0.15, 0.2) is 65.5 Å². The highest BCUT2D eigenvalue weighted by Gasteiger charge is 2.15. The monoisotopic (exact) mass is 332 g/mol. The van der Waals surface area contributed by atoms with Gasteiger partial charge in [0.2, 0.25) is 0 Å². The van der Waals surface area contributed by atoms with E-state index in [-0.39, 0.29) is 5.56 Å². The smallest absolute Gasteiger partial charge is 0.272 e. The van der Waals surface area contributed by atoms with Crippen LogP contribution < -0.4 is 10.3 Å². The van der Waals surface area contributed by atoms with E-state index in [4.69, 9.17) is 4.74 Å². The summed E-state index contributed by atoms with van der Waals surface area (Å²) in [5.41, 5.74) is 3.88. The Bertz CT molecular complexity index is 944. The third-order valence-corrected chi connectivity index (χ3v) is 3.93. The first-order valence-corrected chi connectivity index (χ1v) is 8.19. The summed E-state index contributed by atoms with van der Waals surface area (Å²) in [6.45, 7) is 4.23. The average Bonchev–Trinajstić information content (AvgIpc) is 2.65. The van der Waals surface area contributed by atoms with Crippen molar-refractivity contribution in [2.75, 3.05) is 0 Å². The van der Waals surface area contributed by atoms with Crippen LogP contribution in [-0.4, -0.2) is 10.2 Å². The number of benzene rings is 2. The molecule has 0 fully saturated rings. The minimum absolute atomic E-state index is 0.212. The van der Waals surface area contributed by atoms with Gasteiger partial charge in [0.1, 0.15) is 12.4 Å². The number of hydrogen-bond acceptors (Lipinski definition) is 3. The van der Waals surface area contributed by atoms with Crippen molar-refractivity contribution >= 4 is 6.08 Å². The van der Waals surface area contributed by atoms with Crippen LogP contribution in [0.1, 0.15) is 23.7 Å². The molecule has 0 unspecified atom stereocenters. The van der Waals surface area contributed by atoms with Crippen molar-refractivity contribution in [3.05, 3.63) is 87.8 Å². The highest BCUT2D eigenvalue weighted by Crippen LogP contribution is 2.33. The summed E-state index contributed by atoms with van der Waals surface area (Å²) in [7, 11) is 0. The SMILES string of the molecule is C/C=C/c1c(-c2ccccc2OCc2ccccc2)c(C)n[nH]c1=O. The molecule has 0 aliphatic heterocycles. The molecule has 0 saturated carbocycles. The highest BCUT2D eigenvalue weighted by atomic mass is 16.5. The maximum atomic E-state index is 12.2. The van der Waals surface area contributed by atoms with E-state index in [0.717, 1.165) is 28.1 Å². The van der Waals surface area contributed by atoms with Gasteiger partial charge >= 0.3 is 0 Å². The Hall–Kier alpha value is -3.14. The fourth-order valence-electron chi connectivity index (χ4n) is 2.76. The van der Waals surface area contributed by atoms with Crippen molar-refractivity contribution in [1.82, 2.24) is 10.2 Å². The number of aryl methyl sites for hydroxylation is 1. The Balaban J connectivity index is 2.05. The van der Waals surface area contributed by atoms with Crippen LogP contribution in [-0.2, 0) is 6.61 Å². The minimum atomic E-state index is -0.212. The van der Waals surface area contributed by atoms with E-state index in [0.29, 0.717) is 12.2 Å². The highest BCUT2D eigenvalue weighted by molar-refractivity contribution is 5.80. The maximum absolute atomic E-state index is 12.2. The van der Waals surface area contributed by atoms with Crippen molar-refractivity contribution in [2.45, 2.75) is 20.5 Å². The van der Waals surface area contributed by atoms with Gasteiger partial charge in [-0.2, -0.15) is 5.10 Å². The standard InChI is InChI=1S/C21H20N2O2/c1-3-9-18-20(15(2)22-23-21(18)24)17-12-7-8-13-19(17)25-14-16-10-5-4-6-11-16/h3-13H,14H2,1-2H3,(H,23,24)/b9-3+. The van der Waals surface area contributed by atoms with Crippen molar-refractivity contribution in [3.8, 4) is 16.9 Å². The number of aromatic amines is 1. The quantitative estimate of drug-likeness (QED) is 0.755. The first kappa shape index (κ1) is 16.7. The normalized spacial score (nSPS) is 11.0. The molecule has 0 saturated heterocycles. The number of allylic oxidation sites excluding steroid dienone is 1. The van der Waals surface area contributed by atoms with E-state index >= 15 is 0 Å². The predicted molar refractivity (Wildman–Crippen MR) is 101 cm³/mol. The van der Waals surface area contributed by atoms with E-state index in [9.17, 15) is 4.79 Å². The van der Waals surface area contributed by atoms with Gasteiger partial charge in [0.05, 0.1) is 11.3 Å². The lowest BCUT2D eigenvalue weighted by Gasteiger charge is -2.14. The molecule has 1 aromatic heterocycles. The van der Waals surface area contributed by atoms with E-state index in [1.165, 1.54) is 0 Å². The van der Waals surface area contributed by atoms with Crippen LogP contribution in [0.2, 0.25) is 0 Å². The Kier molecular flexibility index (Phi) is 5.09. The van der Waals surface area contributed by atoms with Gasteiger partial charge in [-0.15, -0.1) is 0 Å². The summed E-state index contributed by atoms with van der Waals surface area (Å²) >= 11 is 0. The Labute approximate surface area is 146 Å². The first-order chi connectivity index (χ1) is 12.2. The summed E-state index contributed by atoms with van der Waals surface area (Å²) in [5, 5.41) is 6.67. The molecule has 2 aromatic carbocycles. The van der Waals surface area contributed by atoms with Crippen LogP contribution in [0, 0.1) is 6.92 Å². The van der Waals surface area contributed by atoms with E-state index < -0.39 is 0 Å². The molecule has 3 aromatic rings. The summed E-state index contributed by atoms with van der Waals surface area (Å²) in [4.78, 5) is 12.2. The van der Waals surface area contributed by atoms with Gasteiger partial charge in [-0.3, -0.25) is 4.79 Å². The second-order valence-electron chi connectivity index (χ2n) is 5.70. The summed E-state index contributed by atoms with van der Waals surface area (Å²) in [6, 6.07) is 17.7. The molecular weight excluding hydrogens is 312 g/mol. The largest absolute Gasteiger partial charge is 0.488 e. The molecule has 4 heteroatoms. The number of rotatable bonds is 5. The fourth-order valence-corrected chi connectivity index (χ4v) is 2.76. The van der Waals surface area contributed by atoms with Crippen LogP contribution in [0.25, 0.3) is 17.2 Å². The molecule has 25 heavy (non-hydrogen) atoms. The van der Waals surface area contributed by atoms with Gasteiger partial charge in [-0.05, 0) is 25.5 Å². The van der Waals surface area contributed by atoms with E-state index in [1.807, 2.05) is 74.5 Å². The molecule has 0 bridgehead atoms.